The first-order chi connectivity index (χ1) is 12.0. The first kappa shape index (κ1) is 17.0. The summed E-state index contributed by atoms with van der Waals surface area (Å²) in [6.45, 7) is 0.211. The van der Waals surface area contributed by atoms with Crippen LogP contribution in [0.15, 0.2) is 30.3 Å². The number of aryl methyl sites for hydroxylation is 1. The van der Waals surface area contributed by atoms with E-state index >= 15 is 0 Å². The van der Waals surface area contributed by atoms with Gasteiger partial charge in [-0.3, -0.25) is 9.59 Å². The molecule has 0 aromatic heterocycles. The first-order valence-electron chi connectivity index (χ1n) is 7.79. The summed E-state index contributed by atoms with van der Waals surface area (Å²) in [6.07, 6.45) is 1.57. The zero-order chi connectivity index (χ0) is 18.0. The van der Waals surface area contributed by atoms with E-state index in [0.717, 1.165) is 22.9 Å². The Morgan fingerprint density at radius 3 is 2.68 bits per heavy atom. The quantitative estimate of drug-likeness (QED) is 0.835. The molecule has 0 unspecified atom stereocenters. The Kier molecular flexibility index (Phi) is 4.74. The summed E-state index contributed by atoms with van der Waals surface area (Å²) in [5, 5.41) is 5.27. The minimum atomic E-state index is -1.66. The lowest BCUT2D eigenvalue weighted by Gasteiger charge is -2.17. The summed E-state index contributed by atoms with van der Waals surface area (Å²) in [5.41, 5.74) is 2.22. The highest BCUT2D eigenvalue weighted by Crippen LogP contribution is 2.23. The molecular weight excluding hydrogens is 333 g/mol. The van der Waals surface area contributed by atoms with Gasteiger partial charge in [-0.25, -0.2) is 13.2 Å². The smallest absolute Gasteiger partial charge is 0.254 e. The zero-order valence-electron chi connectivity index (χ0n) is 13.2. The van der Waals surface area contributed by atoms with Crippen LogP contribution < -0.4 is 10.6 Å². The van der Waals surface area contributed by atoms with E-state index in [0.29, 0.717) is 25.3 Å². The summed E-state index contributed by atoms with van der Waals surface area (Å²) in [4.78, 5) is 23.2. The fourth-order valence-electron chi connectivity index (χ4n) is 2.71. The Labute approximate surface area is 142 Å². The minimum Gasteiger partial charge on any atom is -0.352 e. The number of hydrogen-bond donors (Lipinski definition) is 2. The van der Waals surface area contributed by atoms with Crippen LogP contribution in [-0.2, 0) is 17.6 Å². The third-order valence-corrected chi connectivity index (χ3v) is 4.04. The predicted molar refractivity (Wildman–Crippen MR) is 85.7 cm³/mol. The second-order valence-corrected chi connectivity index (χ2v) is 5.77. The molecule has 2 N–H and O–H groups in total. The van der Waals surface area contributed by atoms with Gasteiger partial charge in [0.15, 0.2) is 17.5 Å². The molecule has 25 heavy (non-hydrogen) atoms. The van der Waals surface area contributed by atoms with Gasteiger partial charge in [0.05, 0.1) is 5.56 Å². The predicted octanol–water partition coefficient (Wildman–Crippen LogP) is 2.96. The zero-order valence-corrected chi connectivity index (χ0v) is 13.2. The Morgan fingerprint density at radius 2 is 1.88 bits per heavy atom. The van der Waals surface area contributed by atoms with Crippen LogP contribution in [0.2, 0.25) is 0 Å². The fourth-order valence-corrected chi connectivity index (χ4v) is 2.71. The molecule has 1 heterocycles. The van der Waals surface area contributed by atoms with Crippen LogP contribution in [0.5, 0.6) is 0 Å². The van der Waals surface area contributed by atoms with Crippen molar-refractivity contribution in [3.8, 4) is 0 Å². The number of benzene rings is 2. The summed E-state index contributed by atoms with van der Waals surface area (Å²) >= 11 is 0. The van der Waals surface area contributed by atoms with Crippen molar-refractivity contribution in [3.63, 3.8) is 0 Å². The van der Waals surface area contributed by atoms with Gasteiger partial charge in [0.25, 0.3) is 5.91 Å². The molecule has 130 valence electrons. The molecule has 2 aromatic carbocycles. The molecule has 0 saturated carbocycles. The summed E-state index contributed by atoms with van der Waals surface area (Å²) < 4.78 is 39.6. The third-order valence-electron chi connectivity index (χ3n) is 4.04. The number of fused-ring (bicyclic) bond motifs is 1. The molecule has 2 amide bonds. The highest BCUT2D eigenvalue weighted by Gasteiger charge is 2.18. The van der Waals surface area contributed by atoms with Crippen molar-refractivity contribution in [1.82, 2.24) is 5.32 Å². The number of carbonyl (C=O) groups is 2. The van der Waals surface area contributed by atoms with Gasteiger partial charge < -0.3 is 10.6 Å². The summed E-state index contributed by atoms with van der Waals surface area (Å²) in [5.74, 6) is -5.32. The van der Waals surface area contributed by atoms with Crippen molar-refractivity contribution >= 4 is 17.5 Å². The van der Waals surface area contributed by atoms with E-state index in [4.69, 9.17) is 0 Å². The Morgan fingerprint density at radius 1 is 1.08 bits per heavy atom. The maximum atomic E-state index is 13.6. The Balaban J connectivity index is 1.61. The summed E-state index contributed by atoms with van der Waals surface area (Å²) in [6, 6.07) is 7.20. The van der Waals surface area contributed by atoms with Gasteiger partial charge in [-0.15, -0.1) is 0 Å². The van der Waals surface area contributed by atoms with Crippen LogP contribution in [-0.4, -0.2) is 18.4 Å². The standard InChI is InChI=1S/C18H15F3N2O2/c19-13-4-3-12(16(20)17(13)21)18(25)22-8-7-10-1-5-14-11(9-10)2-6-15(24)23-14/h1,3-5,9H,2,6-8H2,(H,22,25)(H,23,24). The van der Waals surface area contributed by atoms with Crippen molar-refractivity contribution in [1.29, 1.82) is 0 Å². The average molecular weight is 348 g/mol. The van der Waals surface area contributed by atoms with E-state index in [9.17, 15) is 22.8 Å². The average Bonchev–Trinajstić information content (AvgIpc) is 2.59. The number of halogens is 3. The molecule has 0 aliphatic carbocycles. The lowest BCUT2D eigenvalue weighted by molar-refractivity contribution is -0.116. The lowest BCUT2D eigenvalue weighted by atomic mass is 9.99. The molecule has 0 atom stereocenters. The molecule has 7 heteroatoms. The van der Waals surface area contributed by atoms with E-state index in [-0.39, 0.29) is 12.5 Å². The number of nitrogens with one attached hydrogen (secondary N) is 2. The maximum absolute atomic E-state index is 13.6. The van der Waals surface area contributed by atoms with E-state index in [2.05, 4.69) is 10.6 Å². The Hall–Kier alpha value is -2.83. The van der Waals surface area contributed by atoms with Crippen LogP contribution in [0.3, 0.4) is 0 Å². The van der Waals surface area contributed by atoms with Gasteiger partial charge in [0, 0.05) is 18.7 Å². The highest BCUT2D eigenvalue weighted by atomic mass is 19.2. The second-order valence-electron chi connectivity index (χ2n) is 5.77. The van der Waals surface area contributed by atoms with E-state index < -0.39 is 28.9 Å². The molecule has 0 radical (unpaired) electrons. The van der Waals surface area contributed by atoms with Gasteiger partial charge in [-0.1, -0.05) is 12.1 Å². The van der Waals surface area contributed by atoms with Crippen LogP contribution in [0.25, 0.3) is 0 Å². The minimum absolute atomic E-state index is 0.0129. The number of carbonyl (C=O) groups excluding carboxylic acids is 2. The molecule has 2 aromatic rings. The van der Waals surface area contributed by atoms with E-state index in [1.807, 2.05) is 12.1 Å². The molecular formula is C18H15F3N2O2. The Bertz CT molecular complexity index is 852. The van der Waals surface area contributed by atoms with Crippen molar-refractivity contribution in [3.05, 3.63) is 64.5 Å². The first-order valence-corrected chi connectivity index (χ1v) is 7.79. The SMILES string of the molecule is O=C1CCc2cc(CCNC(=O)c3ccc(F)c(F)c3F)ccc2N1. The monoisotopic (exact) mass is 348 g/mol. The number of anilines is 1. The summed E-state index contributed by atoms with van der Waals surface area (Å²) in [7, 11) is 0. The normalized spacial score (nSPS) is 13.2. The third kappa shape index (κ3) is 3.65. The molecule has 3 rings (SSSR count). The molecule has 1 aliphatic heterocycles. The van der Waals surface area contributed by atoms with Gasteiger partial charge in [0.1, 0.15) is 0 Å². The molecule has 0 spiro atoms. The van der Waals surface area contributed by atoms with Gasteiger partial charge in [0.2, 0.25) is 5.91 Å². The molecule has 0 saturated heterocycles. The van der Waals surface area contributed by atoms with Crippen molar-refractivity contribution in [2.45, 2.75) is 19.3 Å². The lowest BCUT2D eigenvalue weighted by Crippen LogP contribution is -2.27. The number of hydrogen-bond acceptors (Lipinski definition) is 2. The maximum Gasteiger partial charge on any atom is 0.254 e. The number of amides is 2. The molecule has 0 bridgehead atoms. The second kappa shape index (κ2) is 6.96. The molecule has 1 aliphatic rings. The highest BCUT2D eigenvalue weighted by molar-refractivity contribution is 5.94. The van der Waals surface area contributed by atoms with Gasteiger partial charge in [-0.05, 0) is 42.2 Å². The van der Waals surface area contributed by atoms with Crippen molar-refractivity contribution in [2.75, 3.05) is 11.9 Å². The van der Waals surface area contributed by atoms with Crippen LogP contribution in [0.4, 0.5) is 18.9 Å². The fraction of sp³-hybridized carbons (Fsp3) is 0.222. The van der Waals surface area contributed by atoms with Crippen molar-refractivity contribution in [2.24, 2.45) is 0 Å². The molecule has 4 nitrogen and oxygen atoms in total. The van der Waals surface area contributed by atoms with Gasteiger partial charge >= 0.3 is 0 Å². The molecule has 0 fully saturated rings. The van der Waals surface area contributed by atoms with E-state index in [1.165, 1.54) is 0 Å². The topological polar surface area (TPSA) is 58.2 Å². The van der Waals surface area contributed by atoms with Crippen LogP contribution in [0, 0.1) is 17.5 Å². The largest absolute Gasteiger partial charge is 0.352 e. The van der Waals surface area contributed by atoms with Crippen LogP contribution >= 0.6 is 0 Å². The van der Waals surface area contributed by atoms with Crippen LogP contribution in [0.1, 0.15) is 27.9 Å². The van der Waals surface area contributed by atoms with Gasteiger partial charge in [-0.2, -0.15) is 0 Å². The van der Waals surface area contributed by atoms with E-state index in [1.54, 1.807) is 6.07 Å². The van der Waals surface area contributed by atoms with Crippen molar-refractivity contribution < 1.29 is 22.8 Å². The number of rotatable bonds is 4.